The molecule has 4 rings (SSSR count). The quantitative estimate of drug-likeness (QED) is 0.564. The van der Waals surface area contributed by atoms with Gasteiger partial charge in [0.15, 0.2) is 26.1 Å². The molecule has 0 radical (unpaired) electrons. The van der Waals surface area contributed by atoms with Gasteiger partial charge in [0.05, 0.1) is 20.9 Å². The van der Waals surface area contributed by atoms with E-state index >= 15 is 0 Å². The fourth-order valence-corrected chi connectivity index (χ4v) is 5.11. The lowest BCUT2D eigenvalue weighted by Gasteiger charge is -2.18. The van der Waals surface area contributed by atoms with Crippen LogP contribution in [0.4, 0.5) is 0 Å². The zero-order valence-corrected chi connectivity index (χ0v) is 18.0. The van der Waals surface area contributed by atoms with Crippen LogP contribution in [-0.4, -0.2) is 37.9 Å². The van der Waals surface area contributed by atoms with Crippen LogP contribution in [0.3, 0.4) is 0 Å². The van der Waals surface area contributed by atoms with Crippen molar-refractivity contribution in [2.75, 3.05) is 19.0 Å². The van der Waals surface area contributed by atoms with E-state index in [2.05, 4.69) is 11.6 Å². The Morgan fingerprint density at radius 1 is 1.23 bits per heavy atom. The van der Waals surface area contributed by atoms with Crippen molar-refractivity contribution in [2.24, 2.45) is 4.99 Å². The Morgan fingerprint density at radius 2 is 1.97 bits per heavy atom. The first-order valence-electron chi connectivity index (χ1n) is 9.38. The van der Waals surface area contributed by atoms with E-state index in [1.54, 1.807) is 25.1 Å². The van der Waals surface area contributed by atoms with Gasteiger partial charge in [-0.3, -0.25) is 4.79 Å². The Hall–Kier alpha value is -2.91. The van der Waals surface area contributed by atoms with Gasteiger partial charge in [-0.1, -0.05) is 30.4 Å². The van der Waals surface area contributed by atoms with Gasteiger partial charge in [-0.2, -0.15) is 4.99 Å². The largest absolute Gasteiger partial charge is 0.486 e. The Labute approximate surface area is 177 Å². The van der Waals surface area contributed by atoms with Gasteiger partial charge >= 0.3 is 0 Å². The summed E-state index contributed by atoms with van der Waals surface area (Å²) < 4.78 is 38.4. The summed E-state index contributed by atoms with van der Waals surface area (Å²) >= 11 is 1.35. The molecular formula is C21H20N2O5S2. The van der Waals surface area contributed by atoms with Gasteiger partial charge in [0.25, 0.3) is 5.91 Å². The standard InChI is InChI=1S/C21H20N2O5S2/c1-3-8-23-16-12-17-18(28-10-9-27-17)13-19(16)29-21(23)22-20(24)14-6-5-7-15(11-14)30(25,26)4-2/h3,5-7,11-13H,1,4,8-10H2,2H3. The first kappa shape index (κ1) is 20.4. The minimum absolute atomic E-state index is 0.0355. The number of amides is 1. The van der Waals surface area contributed by atoms with E-state index in [1.807, 2.05) is 16.7 Å². The molecule has 1 aliphatic rings. The molecule has 0 aliphatic carbocycles. The first-order chi connectivity index (χ1) is 14.4. The van der Waals surface area contributed by atoms with E-state index in [0.717, 1.165) is 10.2 Å². The number of fused-ring (bicyclic) bond motifs is 2. The maximum absolute atomic E-state index is 12.8. The number of thiazole rings is 1. The highest BCUT2D eigenvalue weighted by atomic mass is 32.2. The van der Waals surface area contributed by atoms with Gasteiger partial charge in [-0.25, -0.2) is 8.42 Å². The summed E-state index contributed by atoms with van der Waals surface area (Å²) in [4.78, 5) is 17.7. The summed E-state index contributed by atoms with van der Waals surface area (Å²) in [5.74, 6) is 0.771. The Bertz CT molecular complexity index is 1320. The monoisotopic (exact) mass is 444 g/mol. The maximum Gasteiger partial charge on any atom is 0.279 e. The number of aromatic nitrogens is 1. The third-order valence-corrected chi connectivity index (χ3v) is 7.45. The molecule has 1 amide bonds. The number of hydrogen-bond donors (Lipinski definition) is 0. The van der Waals surface area contributed by atoms with Crippen molar-refractivity contribution < 1.29 is 22.7 Å². The van der Waals surface area contributed by atoms with E-state index in [4.69, 9.17) is 9.47 Å². The van der Waals surface area contributed by atoms with Gasteiger partial charge in [-0.15, -0.1) is 6.58 Å². The van der Waals surface area contributed by atoms with E-state index in [1.165, 1.54) is 23.5 Å². The molecule has 9 heteroatoms. The number of benzene rings is 2. The number of hydrogen-bond acceptors (Lipinski definition) is 6. The molecule has 0 unspecified atom stereocenters. The summed E-state index contributed by atoms with van der Waals surface area (Å²) in [5.41, 5.74) is 1.08. The molecular weight excluding hydrogens is 424 g/mol. The van der Waals surface area contributed by atoms with E-state index in [-0.39, 0.29) is 16.2 Å². The molecule has 0 atom stereocenters. The molecule has 2 aromatic carbocycles. The molecule has 0 bridgehead atoms. The zero-order chi connectivity index (χ0) is 21.3. The molecule has 2 heterocycles. The number of ether oxygens (including phenoxy) is 2. The van der Waals surface area contributed by atoms with Crippen molar-refractivity contribution in [3.05, 3.63) is 59.4 Å². The Balaban J connectivity index is 1.82. The predicted octanol–water partition coefficient (Wildman–Crippen LogP) is 3.19. The Kier molecular flexibility index (Phi) is 5.48. The molecule has 0 spiro atoms. The summed E-state index contributed by atoms with van der Waals surface area (Å²) in [6, 6.07) is 9.73. The van der Waals surface area contributed by atoms with Crippen LogP contribution < -0.4 is 14.3 Å². The smallest absolute Gasteiger partial charge is 0.279 e. The SMILES string of the molecule is C=CCn1c(=NC(=O)c2cccc(S(=O)(=O)CC)c2)sc2cc3c(cc21)OCCO3. The van der Waals surface area contributed by atoms with Gasteiger partial charge in [0.2, 0.25) is 0 Å². The lowest BCUT2D eigenvalue weighted by Crippen LogP contribution is -2.17. The second-order valence-electron chi connectivity index (χ2n) is 6.60. The van der Waals surface area contributed by atoms with Crippen LogP contribution in [0.2, 0.25) is 0 Å². The van der Waals surface area contributed by atoms with Crippen molar-refractivity contribution in [2.45, 2.75) is 18.4 Å². The molecule has 30 heavy (non-hydrogen) atoms. The van der Waals surface area contributed by atoms with Gasteiger partial charge in [-0.05, 0) is 18.2 Å². The van der Waals surface area contributed by atoms with E-state index < -0.39 is 15.7 Å². The number of allylic oxidation sites excluding steroid dienone is 1. The lowest BCUT2D eigenvalue weighted by molar-refractivity contribution is 0.0997. The van der Waals surface area contributed by atoms with Gasteiger partial charge < -0.3 is 14.0 Å². The van der Waals surface area contributed by atoms with Crippen LogP contribution in [0.25, 0.3) is 10.2 Å². The molecule has 0 saturated heterocycles. The minimum Gasteiger partial charge on any atom is -0.486 e. The summed E-state index contributed by atoms with van der Waals surface area (Å²) in [6.07, 6.45) is 1.72. The second-order valence-corrected chi connectivity index (χ2v) is 9.88. The van der Waals surface area contributed by atoms with Crippen LogP contribution >= 0.6 is 11.3 Å². The number of carbonyl (C=O) groups is 1. The van der Waals surface area contributed by atoms with Crippen LogP contribution in [-0.2, 0) is 16.4 Å². The highest BCUT2D eigenvalue weighted by Crippen LogP contribution is 2.35. The second kappa shape index (κ2) is 8.08. The zero-order valence-electron chi connectivity index (χ0n) is 16.3. The number of nitrogens with zero attached hydrogens (tertiary/aromatic N) is 2. The Morgan fingerprint density at radius 3 is 2.67 bits per heavy atom. The normalized spacial score (nSPS) is 14.1. The highest BCUT2D eigenvalue weighted by molar-refractivity contribution is 7.91. The van der Waals surface area contributed by atoms with Crippen molar-refractivity contribution in [3.8, 4) is 11.5 Å². The summed E-state index contributed by atoms with van der Waals surface area (Å²) in [5, 5.41) is 0. The van der Waals surface area contributed by atoms with E-state index in [0.29, 0.717) is 36.1 Å². The molecule has 0 saturated carbocycles. The average molecular weight is 445 g/mol. The van der Waals surface area contributed by atoms with Crippen molar-refractivity contribution in [3.63, 3.8) is 0 Å². The number of rotatable bonds is 5. The maximum atomic E-state index is 12.8. The topological polar surface area (TPSA) is 87.0 Å². The molecule has 0 N–H and O–H groups in total. The van der Waals surface area contributed by atoms with E-state index in [9.17, 15) is 13.2 Å². The third-order valence-electron chi connectivity index (χ3n) is 4.68. The molecule has 3 aromatic rings. The molecule has 7 nitrogen and oxygen atoms in total. The van der Waals surface area contributed by atoms with Crippen LogP contribution in [0, 0.1) is 0 Å². The number of carbonyl (C=O) groups excluding carboxylic acids is 1. The van der Waals surface area contributed by atoms with Crippen LogP contribution in [0.15, 0.2) is 58.9 Å². The van der Waals surface area contributed by atoms with Crippen molar-refractivity contribution in [1.29, 1.82) is 0 Å². The molecule has 1 aromatic heterocycles. The van der Waals surface area contributed by atoms with Crippen LogP contribution in [0.5, 0.6) is 11.5 Å². The minimum atomic E-state index is -3.41. The fourth-order valence-electron chi connectivity index (χ4n) is 3.14. The first-order valence-corrected chi connectivity index (χ1v) is 11.9. The predicted molar refractivity (Wildman–Crippen MR) is 115 cm³/mol. The summed E-state index contributed by atoms with van der Waals surface area (Å²) in [6.45, 7) is 6.78. The van der Waals surface area contributed by atoms with Crippen molar-refractivity contribution >= 4 is 37.3 Å². The van der Waals surface area contributed by atoms with Crippen LogP contribution in [0.1, 0.15) is 17.3 Å². The lowest BCUT2D eigenvalue weighted by atomic mass is 10.2. The van der Waals surface area contributed by atoms with Gasteiger partial charge in [0.1, 0.15) is 13.2 Å². The van der Waals surface area contributed by atoms with Crippen molar-refractivity contribution in [1.82, 2.24) is 4.57 Å². The third kappa shape index (κ3) is 3.78. The highest BCUT2D eigenvalue weighted by Gasteiger charge is 2.18. The molecule has 1 aliphatic heterocycles. The summed E-state index contributed by atoms with van der Waals surface area (Å²) in [7, 11) is -3.41. The molecule has 156 valence electrons. The fraction of sp³-hybridized carbons (Fsp3) is 0.238. The molecule has 0 fully saturated rings. The average Bonchev–Trinajstić information content (AvgIpc) is 3.08. The number of sulfone groups is 1. The van der Waals surface area contributed by atoms with Gasteiger partial charge in [0, 0.05) is 24.2 Å².